The molecule has 1 heterocycles. The zero-order valence-corrected chi connectivity index (χ0v) is 14.5. The summed E-state index contributed by atoms with van der Waals surface area (Å²) in [6, 6.07) is 9.87. The average molecular weight is 375 g/mol. The first kappa shape index (κ1) is 17.9. The first-order valence-electron chi connectivity index (χ1n) is 7.61. The van der Waals surface area contributed by atoms with Crippen molar-refractivity contribution in [3.63, 3.8) is 0 Å². The van der Waals surface area contributed by atoms with E-state index in [0.717, 1.165) is 0 Å². The Morgan fingerprint density at radius 1 is 1.31 bits per heavy atom. The van der Waals surface area contributed by atoms with Gasteiger partial charge in [0.2, 0.25) is 0 Å². The molecule has 1 amide bonds. The number of thiazole rings is 1. The van der Waals surface area contributed by atoms with E-state index in [1.807, 2.05) is 0 Å². The Hall–Kier alpha value is -2.91. The Labute approximate surface area is 151 Å². The first-order valence-corrected chi connectivity index (χ1v) is 8.43. The molecule has 0 bridgehead atoms. The van der Waals surface area contributed by atoms with Crippen LogP contribution < -0.4 is 4.80 Å². The molecule has 3 rings (SSSR count). The number of nitrogens with zero attached hydrogens (tertiary/aromatic N) is 3. The van der Waals surface area contributed by atoms with Crippen molar-refractivity contribution in [2.45, 2.75) is 6.54 Å². The minimum atomic E-state index is -0.557. The number of nitro groups is 1. The number of para-hydroxylation sites is 1. The summed E-state index contributed by atoms with van der Waals surface area (Å²) in [5.41, 5.74) is 0.470. The monoisotopic (exact) mass is 375 g/mol. The van der Waals surface area contributed by atoms with E-state index < -0.39 is 16.6 Å². The van der Waals surface area contributed by atoms with Gasteiger partial charge in [-0.3, -0.25) is 14.9 Å². The molecule has 0 aliphatic carbocycles. The molecular weight excluding hydrogens is 361 g/mol. The number of halogens is 1. The summed E-state index contributed by atoms with van der Waals surface area (Å²) in [4.78, 5) is 27.0. The Morgan fingerprint density at radius 3 is 2.69 bits per heavy atom. The second kappa shape index (κ2) is 7.54. The molecule has 0 aliphatic rings. The Morgan fingerprint density at radius 2 is 2.04 bits per heavy atom. The van der Waals surface area contributed by atoms with Crippen molar-refractivity contribution in [1.29, 1.82) is 0 Å². The van der Waals surface area contributed by atoms with Crippen molar-refractivity contribution >= 4 is 33.1 Å². The minimum absolute atomic E-state index is 0.111. The molecule has 0 saturated heterocycles. The molecule has 0 atom stereocenters. The molecule has 0 unspecified atom stereocenters. The van der Waals surface area contributed by atoms with E-state index >= 15 is 0 Å². The number of fused-ring (bicyclic) bond motifs is 1. The van der Waals surface area contributed by atoms with Crippen LogP contribution in [0.2, 0.25) is 0 Å². The summed E-state index contributed by atoms with van der Waals surface area (Å²) in [5, 5.41) is 10.7. The second-order valence-electron chi connectivity index (χ2n) is 5.34. The number of hydrogen-bond acceptors (Lipinski definition) is 5. The molecule has 0 spiro atoms. The smallest absolute Gasteiger partial charge is 0.279 e. The van der Waals surface area contributed by atoms with Gasteiger partial charge in [0.05, 0.1) is 21.7 Å². The zero-order chi connectivity index (χ0) is 18.7. The third-order valence-corrected chi connectivity index (χ3v) is 4.74. The standard InChI is InChI=1S/C17H14FN3O4S/c1-25-10-9-20-15-13(18)3-2-4-14(15)26-17(20)19-16(22)11-5-7-12(8-6-11)21(23)24/h2-8H,9-10H2,1H3. The molecule has 0 aliphatic heterocycles. The maximum atomic E-state index is 14.2. The number of methoxy groups -OCH3 is 1. The van der Waals surface area contributed by atoms with Gasteiger partial charge in [-0.2, -0.15) is 4.99 Å². The lowest BCUT2D eigenvalue weighted by atomic mass is 10.2. The molecule has 9 heteroatoms. The predicted molar refractivity (Wildman–Crippen MR) is 94.6 cm³/mol. The lowest BCUT2D eigenvalue weighted by molar-refractivity contribution is -0.384. The number of non-ortho nitro benzene ring substituents is 1. The highest BCUT2D eigenvalue weighted by molar-refractivity contribution is 7.16. The van der Waals surface area contributed by atoms with E-state index in [-0.39, 0.29) is 11.3 Å². The molecule has 3 aromatic rings. The number of nitro benzene ring substituents is 1. The van der Waals surface area contributed by atoms with Crippen LogP contribution >= 0.6 is 11.3 Å². The van der Waals surface area contributed by atoms with Gasteiger partial charge in [-0.05, 0) is 24.3 Å². The quantitative estimate of drug-likeness (QED) is 0.506. The van der Waals surface area contributed by atoms with Crippen molar-refractivity contribution < 1.29 is 18.8 Å². The molecule has 26 heavy (non-hydrogen) atoms. The highest BCUT2D eigenvalue weighted by Gasteiger charge is 2.13. The van der Waals surface area contributed by atoms with Crippen LogP contribution in [0.5, 0.6) is 0 Å². The molecule has 0 radical (unpaired) electrons. The van der Waals surface area contributed by atoms with Gasteiger partial charge in [-0.15, -0.1) is 0 Å². The van der Waals surface area contributed by atoms with Crippen LogP contribution in [0.4, 0.5) is 10.1 Å². The molecule has 1 aromatic heterocycles. The lowest BCUT2D eigenvalue weighted by Gasteiger charge is -2.04. The first-order chi connectivity index (χ1) is 12.5. The van der Waals surface area contributed by atoms with E-state index in [1.165, 1.54) is 48.8 Å². The normalized spacial score (nSPS) is 11.8. The minimum Gasteiger partial charge on any atom is -0.383 e. The van der Waals surface area contributed by atoms with Crippen LogP contribution in [0, 0.1) is 15.9 Å². The zero-order valence-electron chi connectivity index (χ0n) is 13.7. The highest BCUT2D eigenvalue weighted by atomic mass is 32.1. The van der Waals surface area contributed by atoms with Crippen molar-refractivity contribution in [2.75, 3.05) is 13.7 Å². The summed E-state index contributed by atoms with van der Waals surface area (Å²) < 4.78 is 21.5. The van der Waals surface area contributed by atoms with Gasteiger partial charge in [-0.1, -0.05) is 17.4 Å². The molecule has 0 saturated carbocycles. The van der Waals surface area contributed by atoms with Gasteiger partial charge in [0.15, 0.2) is 4.80 Å². The Balaban J connectivity index is 2.06. The number of amides is 1. The van der Waals surface area contributed by atoms with Crippen molar-refractivity contribution in [3.05, 3.63) is 68.8 Å². The number of aromatic nitrogens is 1. The number of carbonyl (C=O) groups excluding carboxylic acids is 1. The SMILES string of the molecule is COCCn1c(=NC(=O)c2ccc([N+](=O)[O-])cc2)sc2cccc(F)c21. The fourth-order valence-electron chi connectivity index (χ4n) is 2.44. The largest absolute Gasteiger partial charge is 0.383 e. The highest BCUT2D eigenvalue weighted by Crippen LogP contribution is 2.20. The number of ether oxygens (including phenoxy) is 1. The fraction of sp³-hybridized carbons (Fsp3) is 0.176. The van der Waals surface area contributed by atoms with Crippen LogP contribution in [0.1, 0.15) is 10.4 Å². The van der Waals surface area contributed by atoms with Crippen molar-refractivity contribution in [3.8, 4) is 0 Å². The summed E-state index contributed by atoms with van der Waals surface area (Å²) in [6.45, 7) is 0.670. The second-order valence-corrected chi connectivity index (χ2v) is 6.35. The summed E-state index contributed by atoms with van der Waals surface area (Å²) in [5.74, 6) is -0.961. The van der Waals surface area contributed by atoms with Gasteiger partial charge < -0.3 is 9.30 Å². The van der Waals surface area contributed by atoms with Gasteiger partial charge in [0.1, 0.15) is 5.82 Å². The van der Waals surface area contributed by atoms with Gasteiger partial charge in [0.25, 0.3) is 11.6 Å². The van der Waals surface area contributed by atoms with Gasteiger partial charge in [-0.25, -0.2) is 4.39 Å². The lowest BCUT2D eigenvalue weighted by Crippen LogP contribution is -2.19. The van der Waals surface area contributed by atoms with Crippen LogP contribution in [-0.4, -0.2) is 29.1 Å². The van der Waals surface area contributed by atoms with Crippen LogP contribution in [0.25, 0.3) is 10.2 Å². The number of rotatable bonds is 5. The topological polar surface area (TPSA) is 86.7 Å². The number of carbonyl (C=O) groups is 1. The number of hydrogen-bond donors (Lipinski definition) is 0. The van der Waals surface area contributed by atoms with E-state index in [2.05, 4.69) is 4.99 Å². The summed E-state index contributed by atoms with van der Waals surface area (Å²) >= 11 is 1.19. The van der Waals surface area contributed by atoms with E-state index in [9.17, 15) is 19.3 Å². The predicted octanol–water partition coefficient (Wildman–Crippen LogP) is 3.14. The van der Waals surface area contributed by atoms with Crippen molar-refractivity contribution in [1.82, 2.24) is 4.57 Å². The average Bonchev–Trinajstić information content (AvgIpc) is 2.98. The van der Waals surface area contributed by atoms with E-state index in [4.69, 9.17) is 4.74 Å². The maximum Gasteiger partial charge on any atom is 0.279 e. The van der Waals surface area contributed by atoms with Crippen LogP contribution in [-0.2, 0) is 11.3 Å². The summed E-state index contributed by atoms with van der Waals surface area (Å²) in [6.07, 6.45) is 0. The fourth-order valence-corrected chi connectivity index (χ4v) is 3.51. The maximum absolute atomic E-state index is 14.2. The summed E-state index contributed by atoms with van der Waals surface area (Å²) in [7, 11) is 1.53. The van der Waals surface area contributed by atoms with Crippen molar-refractivity contribution in [2.24, 2.45) is 4.99 Å². The third kappa shape index (κ3) is 3.53. The molecular formula is C17H14FN3O4S. The van der Waals surface area contributed by atoms with E-state index in [0.29, 0.717) is 28.2 Å². The van der Waals surface area contributed by atoms with Crippen LogP contribution in [0.15, 0.2) is 47.5 Å². The third-order valence-electron chi connectivity index (χ3n) is 3.69. The van der Waals surface area contributed by atoms with E-state index in [1.54, 1.807) is 16.7 Å². The molecule has 0 fully saturated rings. The van der Waals surface area contributed by atoms with Gasteiger partial charge >= 0.3 is 0 Å². The Kier molecular flexibility index (Phi) is 5.19. The Bertz CT molecular complexity index is 1040. The van der Waals surface area contributed by atoms with Gasteiger partial charge in [0, 0.05) is 31.4 Å². The molecule has 134 valence electrons. The molecule has 7 nitrogen and oxygen atoms in total. The van der Waals surface area contributed by atoms with Crippen LogP contribution in [0.3, 0.4) is 0 Å². The molecule has 2 aromatic carbocycles. The molecule has 0 N–H and O–H groups in total. The number of benzene rings is 2.